The minimum Gasteiger partial charge on any atom is -0.391 e. The highest BCUT2D eigenvalue weighted by molar-refractivity contribution is 6.33. The first-order chi connectivity index (χ1) is 9.99. The van der Waals surface area contributed by atoms with Gasteiger partial charge in [0.1, 0.15) is 0 Å². The summed E-state index contributed by atoms with van der Waals surface area (Å²) in [5, 5.41) is 23.1. The third-order valence-corrected chi connectivity index (χ3v) is 4.79. The van der Waals surface area contributed by atoms with E-state index in [1.807, 2.05) is 11.9 Å². The fourth-order valence-corrected chi connectivity index (χ4v) is 3.55. The van der Waals surface area contributed by atoms with Gasteiger partial charge in [-0.15, -0.1) is 0 Å². The average molecular weight is 311 g/mol. The van der Waals surface area contributed by atoms with E-state index in [-0.39, 0.29) is 12.1 Å². The lowest BCUT2D eigenvalue weighted by atomic mass is 9.91. The van der Waals surface area contributed by atoms with Gasteiger partial charge in [0.25, 0.3) is 5.91 Å². The fraction of sp³-hybridized carbons (Fsp3) is 0.533. The van der Waals surface area contributed by atoms with Gasteiger partial charge >= 0.3 is 0 Å². The number of likely N-dealkylation sites (N-methyl/N-ethyl adjacent to an activating group) is 1. The summed E-state index contributed by atoms with van der Waals surface area (Å²) < 4.78 is 0. The number of benzene rings is 1. The predicted octanol–water partition coefficient (Wildman–Crippen LogP) is 2.07. The van der Waals surface area contributed by atoms with Gasteiger partial charge in [0.15, 0.2) is 6.10 Å². The van der Waals surface area contributed by atoms with E-state index in [4.69, 9.17) is 11.6 Å². The van der Waals surface area contributed by atoms with E-state index < -0.39 is 12.0 Å². The first kappa shape index (κ1) is 14.6. The summed E-state index contributed by atoms with van der Waals surface area (Å²) in [6.45, 7) is 0. The molecule has 1 aromatic rings. The fourth-order valence-electron chi connectivity index (χ4n) is 3.25. The molecule has 0 saturated heterocycles. The van der Waals surface area contributed by atoms with Crippen molar-refractivity contribution < 1.29 is 15.0 Å². The lowest BCUT2D eigenvalue weighted by Gasteiger charge is -2.37. The van der Waals surface area contributed by atoms with Crippen LogP contribution >= 0.6 is 11.6 Å². The maximum atomic E-state index is 11.5. The molecule has 1 heterocycles. The third-order valence-electron chi connectivity index (χ3n) is 4.49. The quantitative estimate of drug-likeness (QED) is 0.782. The lowest BCUT2D eigenvalue weighted by molar-refractivity contribution is -0.123. The number of hydrogen-bond donors (Lipinski definition) is 3. The molecule has 1 saturated carbocycles. The van der Waals surface area contributed by atoms with Crippen molar-refractivity contribution >= 4 is 28.9 Å². The average Bonchev–Trinajstić information content (AvgIpc) is 2.73. The Bertz CT molecular complexity index is 578. The largest absolute Gasteiger partial charge is 0.391 e. The van der Waals surface area contributed by atoms with Gasteiger partial charge in [0, 0.05) is 18.3 Å². The number of amides is 1. The Labute approximate surface area is 128 Å². The number of halogens is 1. The van der Waals surface area contributed by atoms with Crippen LogP contribution in [0.5, 0.6) is 0 Å². The number of anilines is 2. The van der Waals surface area contributed by atoms with Gasteiger partial charge in [-0.2, -0.15) is 0 Å². The van der Waals surface area contributed by atoms with Crippen molar-refractivity contribution in [2.45, 2.75) is 43.9 Å². The molecule has 0 spiro atoms. The third kappa shape index (κ3) is 2.50. The Morgan fingerprint density at radius 2 is 2.00 bits per heavy atom. The zero-order valence-electron chi connectivity index (χ0n) is 11.8. The lowest BCUT2D eigenvalue weighted by Crippen LogP contribution is -2.43. The van der Waals surface area contributed by atoms with Gasteiger partial charge < -0.3 is 20.4 Å². The van der Waals surface area contributed by atoms with Crippen molar-refractivity contribution in [3.05, 3.63) is 22.7 Å². The molecule has 114 valence electrons. The van der Waals surface area contributed by atoms with Crippen LogP contribution in [0.2, 0.25) is 5.02 Å². The van der Waals surface area contributed by atoms with Crippen LogP contribution in [0.25, 0.3) is 0 Å². The summed E-state index contributed by atoms with van der Waals surface area (Å²) in [6.07, 6.45) is 2.33. The zero-order valence-corrected chi connectivity index (χ0v) is 12.6. The van der Waals surface area contributed by atoms with Gasteiger partial charge in [-0.1, -0.05) is 24.4 Å². The van der Waals surface area contributed by atoms with Crippen LogP contribution in [0.4, 0.5) is 11.4 Å². The zero-order chi connectivity index (χ0) is 15.1. The van der Waals surface area contributed by atoms with Crippen LogP contribution in [-0.4, -0.2) is 35.3 Å². The second-order valence-electron chi connectivity index (χ2n) is 5.81. The van der Waals surface area contributed by atoms with E-state index in [9.17, 15) is 15.0 Å². The Hall–Kier alpha value is -1.30. The Balaban J connectivity index is 1.92. The molecule has 1 fully saturated rings. The van der Waals surface area contributed by atoms with Crippen molar-refractivity contribution in [1.82, 2.24) is 0 Å². The van der Waals surface area contributed by atoms with Crippen LogP contribution < -0.4 is 10.2 Å². The molecular weight excluding hydrogens is 292 g/mol. The molecule has 3 unspecified atom stereocenters. The Morgan fingerprint density at radius 3 is 2.71 bits per heavy atom. The molecule has 3 rings (SSSR count). The summed E-state index contributed by atoms with van der Waals surface area (Å²) in [7, 11) is 1.90. The van der Waals surface area contributed by atoms with E-state index in [1.54, 1.807) is 12.1 Å². The van der Waals surface area contributed by atoms with Crippen LogP contribution in [0.3, 0.4) is 0 Å². The normalized spacial score (nSPS) is 28.2. The molecule has 1 aromatic carbocycles. The van der Waals surface area contributed by atoms with Crippen molar-refractivity contribution in [3.63, 3.8) is 0 Å². The molecule has 3 atom stereocenters. The van der Waals surface area contributed by atoms with E-state index in [2.05, 4.69) is 5.32 Å². The molecule has 6 heteroatoms. The first-order valence-electron chi connectivity index (χ1n) is 7.22. The van der Waals surface area contributed by atoms with Crippen LogP contribution in [0.15, 0.2) is 12.1 Å². The molecule has 1 aliphatic heterocycles. The smallest absolute Gasteiger partial charge is 0.257 e. The second-order valence-corrected chi connectivity index (χ2v) is 6.22. The number of carbonyl (C=O) groups is 1. The minimum atomic E-state index is -1.16. The number of aliphatic hydroxyl groups is 2. The molecule has 0 aromatic heterocycles. The predicted molar refractivity (Wildman–Crippen MR) is 81.7 cm³/mol. The molecular formula is C15H19ClN2O3. The van der Waals surface area contributed by atoms with Gasteiger partial charge in [0.05, 0.1) is 22.9 Å². The van der Waals surface area contributed by atoms with Crippen molar-refractivity contribution in [3.8, 4) is 0 Å². The van der Waals surface area contributed by atoms with Crippen molar-refractivity contribution in [2.24, 2.45) is 0 Å². The Morgan fingerprint density at radius 1 is 1.29 bits per heavy atom. The number of nitrogens with one attached hydrogen (secondary N) is 1. The monoisotopic (exact) mass is 310 g/mol. The van der Waals surface area contributed by atoms with Gasteiger partial charge in [-0.3, -0.25) is 4.79 Å². The molecule has 2 aliphatic rings. The maximum Gasteiger partial charge on any atom is 0.257 e. The molecule has 21 heavy (non-hydrogen) atoms. The number of hydrogen-bond acceptors (Lipinski definition) is 4. The summed E-state index contributed by atoms with van der Waals surface area (Å²) in [5.41, 5.74) is 1.85. The highest BCUT2D eigenvalue weighted by Gasteiger charge is 2.32. The van der Waals surface area contributed by atoms with E-state index in [0.717, 1.165) is 31.4 Å². The van der Waals surface area contributed by atoms with E-state index in [0.29, 0.717) is 16.3 Å². The number of aliphatic hydroxyl groups excluding tert-OH is 2. The van der Waals surface area contributed by atoms with Crippen molar-refractivity contribution in [2.75, 3.05) is 17.3 Å². The number of rotatable bonds is 2. The summed E-state index contributed by atoms with van der Waals surface area (Å²) in [5.74, 6) is -0.432. The highest BCUT2D eigenvalue weighted by atomic mass is 35.5. The van der Waals surface area contributed by atoms with Crippen LogP contribution in [0, 0.1) is 0 Å². The van der Waals surface area contributed by atoms with E-state index in [1.165, 1.54) is 0 Å². The molecule has 0 bridgehead atoms. The maximum absolute atomic E-state index is 11.5. The summed E-state index contributed by atoms with van der Waals surface area (Å²) in [4.78, 5) is 13.5. The van der Waals surface area contributed by atoms with Gasteiger partial charge in [-0.25, -0.2) is 0 Å². The molecule has 1 aliphatic carbocycles. The SMILES string of the molecule is CN(c1cc2c(cc1Cl)C(O)C(=O)N2)C1CCCCC1O. The number of nitrogens with zero attached hydrogens (tertiary/aromatic N) is 1. The minimum absolute atomic E-state index is 0.0244. The molecule has 0 radical (unpaired) electrons. The van der Waals surface area contributed by atoms with E-state index >= 15 is 0 Å². The number of fused-ring (bicyclic) bond motifs is 1. The molecule has 3 N–H and O–H groups in total. The molecule has 5 nitrogen and oxygen atoms in total. The van der Waals surface area contributed by atoms with Crippen LogP contribution in [0.1, 0.15) is 37.4 Å². The number of carbonyl (C=O) groups excluding carboxylic acids is 1. The van der Waals surface area contributed by atoms with Gasteiger partial charge in [0.2, 0.25) is 0 Å². The summed E-state index contributed by atoms with van der Waals surface area (Å²) in [6, 6.07) is 3.42. The first-order valence-corrected chi connectivity index (χ1v) is 7.60. The Kier molecular flexibility index (Phi) is 3.82. The van der Waals surface area contributed by atoms with Crippen molar-refractivity contribution in [1.29, 1.82) is 0 Å². The topological polar surface area (TPSA) is 72.8 Å². The van der Waals surface area contributed by atoms with Crippen LogP contribution in [-0.2, 0) is 4.79 Å². The van der Waals surface area contributed by atoms with Gasteiger partial charge in [-0.05, 0) is 25.0 Å². The second kappa shape index (κ2) is 5.48. The standard InChI is InChI=1S/C15H19ClN2O3/c1-18(11-4-2-3-5-13(11)19)12-7-10-8(6-9(12)16)14(20)15(21)17-10/h6-7,11,13-14,19-20H,2-5H2,1H3,(H,17,21). The molecule has 1 amide bonds. The summed E-state index contributed by atoms with van der Waals surface area (Å²) >= 11 is 6.31. The highest BCUT2D eigenvalue weighted by Crippen LogP contribution is 2.40.